The van der Waals surface area contributed by atoms with E-state index in [1.807, 2.05) is 19.1 Å². The van der Waals surface area contributed by atoms with Gasteiger partial charge in [-0.25, -0.2) is 14.7 Å². The summed E-state index contributed by atoms with van der Waals surface area (Å²) >= 11 is 0. The molecule has 0 saturated carbocycles. The molecule has 6 rings (SSSR count). The largest absolute Gasteiger partial charge is 0.481 e. The van der Waals surface area contributed by atoms with Crippen LogP contribution in [0.1, 0.15) is 82.0 Å². The molecule has 2 aliphatic rings. The summed E-state index contributed by atoms with van der Waals surface area (Å²) in [6, 6.07) is 2.20. The van der Waals surface area contributed by atoms with Gasteiger partial charge < -0.3 is 74.8 Å². The van der Waals surface area contributed by atoms with E-state index in [1.165, 1.54) is 19.4 Å². The lowest BCUT2D eigenvalue weighted by atomic mass is 10.0. The summed E-state index contributed by atoms with van der Waals surface area (Å²) in [5.41, 5.74) is 19.3. The maximum Gasteiger partial charge on any atom is 0.325 e. The van der Waals surface area contributed by atoms with Gasteiger partial charge in [-0.15, -0.1) is 0 Å². The predicted molar refractivity (Wildman–Crippen MR) is 312 cm³/mol. The van der Waals surface area contributed by atoms with Crippen molar-refractivity contribution in [2.75, 3.05) is 18.1 Å². The van der Waals surface area contributed by atoms with Crippen molar-refractivity contribution in [1.82, 2.24) is 62.4 Å². The number of para-hydroxylation sites is 1. The average Bonchev–Trinajstić information content (AvgIpc) is 4.35. The number of aliphatic imine (C=N–C) groups is 1. The molecule has 84 heavy (non-hydrogen) atoms. The van der Waals surface area contributed by atoms with Crippen LogP contribution in [0.2, 0.25) is 0 Å². The molecule has 0 bridgehead atoms. The first-order valence-corrected chi connectivity index (χ1v) is 29.8. The fraction of sp³-hybridized carbons (Fsp3) is 0.463. The number of carboxylic acid groups (broad SMARTS) is 1. The number of urea groups is 1. The smallest absolute Gasteiger partial charge is 0.325 e. The highest BCUT2D eigenvalue weighted by Gasteiger charge is 2.44. The molecule has 2 saturated heterocycles. The molecular weight excluding hydrogens is 1130 g/mol. The van der Waals surface area contributed by atoms with E-state index >= 15 is 0 Å². The van der Waals surface area contributed by atoms with Crippen LogP contribution in [0, 0.1) is 0 Å². The van der Waals surface area contributed by atoms with Crippen LogP contribution in [-0.4, -0.2) is 169 Å². The van der Waals surface area contributed by atoms with Gasteiger partial charge >= 0.3 is 12.0 Å². The molecule has 30 heteroatoms. The highest BCUT2D eigenvalue weighted by atomic mass is 33.1. The van der Waals surface area contributed by atoms with E-state index in [0.717, 1.165) is 32.0 Å². The fourth-order valence-corrected chi connectivity index (χ4v) is 11.7. The molecule has 2 fully saturated rings. The van der Waals surface area contributed by atoms with Crippen molar-refractivity contribution >= 4 is 104 Å². The van der Waals surface area contributed by atoms with E-state index in [0.29, 0.717) is 35.0 Å². The van der Waals surface area contributed by atoms with E-state index in [2.05, 4.69) is 62.5 Å². The van der Waals surface area contributed by atoms with Crippen LogP contribution in [0.3, 0.4) is 0 Å². The molecule has 28 nitrogen and oxygen atoms in total. The van der Waals surface area contributed by atoms with Crippen LogP contribution < -0.4 is 59.7 Å². The molecule has 4 aromatic rings. The molecule has 11 amide bonds. The maximum atomic E-state index is 14.8. The van der Waals surface area contributed by atoms with E-state index in [4.69, 9.17) is 17.2 Å². The van der Waals surface area contributed by atoms with Gasteiger partial charge in [-0.2, -0.15) is 0 Å². The van der Waals surface area contributed by atoms with Gasteiger partial charge in [-0.05, 0) is 56.2 Å². The van der Waals surface area contributed by atoms with Crippen molar-refractivity contribution in [2.24, 2.45) is 22.2 Å². The number of aromatic amines is 2. The lowest BCUT2D eigenvalue weighted by molar-refractivity contribution is -0.138. The highest BCUT2D eigenvalue weighted by Crippen LogP contribution is 2.25. The van der Waals surface area contributed by atoms with Crippen molar-refractivity contribution in [3.8, 4) is 0 Å². The molecule has 0 aliphatic carbocycles. The topological polar surface area (TPSA) is 442 Å². The number of primary amides is 1. The molecule has 4 heterocycles. The van der Waals surface area contributed by atoms with Gasteiger partial charge in [-0.1, -0.05) is 89.9 Å². The molecule has 0 spiro atoms. The number of aliphatic carboxylic acids is 1. The summed E-state index contributed by atoms with van der Waals surface area (Å²) in [5, 5.41) is 31.6. The number of hydrogen-bond acceptors (Lipinski definition) is 15. The molecule has 452 valence electrons. The number of aromatic nitrogens is 3. The number of carbonyl (C=O) groups is 11. The van der Waals surface area contributed by atoms with E-state index < -0.39 is 126 Å². The second-order valence-electron chi connectivity index (χ2n) is 20.2. The van der Waals surface area contributed by atoms with Gasteiger partial charge in [0.25, 0.3) is 5.91 Å². The average molecular weight is 1200 g/mol. The number of carbonyl (C=O) groups excluding carboxylic acids is 10. The van der Waals surface area contributed by atoms with Crippen LogP contribution in [0.5, 0.6) is 0 Å². The zero-order valence-electron chi connectivity index (χ0n) is 46.4. The molecule has 17 N–H and O–H groups in total. The number of amides is 11. The van der Waals surface area contributed by atoms with Gasteiger partial charge in [0.15, 0.2) is 5.96 Å². The second-order valence-corrected chi connectivity index (χ2v) is 22.8. The summed E-state index contributed by atoms with van der Waals surface area (Å²) in [6.45, 7) is 3.31. The summed E-state index contributed by atoms with van der Waals surface area (Å²) in [5.74, 6) is -10.0. The van der Waals surface area contributed by atoms with Crippen molar-refractivity contribution in [2.45, 2.75) is 139 Å². The van der Waals surface area contributed by atoms with Gasteiger partial charge in [0.05, 0.1) is 6.33 Å². The summed E-state index contributed by atoms with van der Waals surface area (Å²) < 4.78 is 0. The number of benzene rings is 2. The van der Waals surface area contributed by atoms with Crippen LogP contribution in [0.15, 0.2) is 78.3 Å². The Bertz CT molecular complexity index is 3020. The fourth-order valence-electron chi connectivity index (χ4n) is 9.32. The number of fused-ring (bicyclic) bond motifs is 1. The standard InChI is InChI=1S/C54H72N16O12S2/c1-3-4-18-42(70-52(81)29(2)62-54(70)82)51(80)69-41-27-84-83-26-40(44(55)73)68-48(77)38(22-31-24-60-34-15-9-8-14-33(31)34)66-46(75)36(17-11-20-59-53(56)57)63-47(76)37(21-30-12-6-5-7-13-30)65-49(78)39(23-32-25-58-28-61-32)67-45(74)35(64-50(41)79)16-10-19-43(71)72/h5-9,12-15,24-25,28-29,35-42,60H,3-4,10-11,16-23,26-27H2,1-2H3,(H2,55,73)(H,58,61)(H,62,82)(H,63,76)(H,64,79)(H,65,78)(H,66,75)(H,67,74)(H,68,77)(H,69,80)(H,71,72)(H4,56,57,59)/t29-,35-,36-,37+,38-,39-,40-,41-,42-/m0/s1. The maximum absolute atomic E-state index is 14.8. The minimum atomic E-state index is -1.58. The third-order valence-corrected chi connectivity index (χ3v) is 16.2. The van der Waals surface area contributed by atoms with Crippen molar-refractivity contribution in [3.63, 3.8) is 0 Å². The first-order chi connectivity index (χ1) is 40.2. The van der Waals surface area contributed by atoms with E-state index in [9.17, 15) is 57.8 Å². The summed E-state index contributed by atoms with van der Waals surface area (Å²) in [7, 11) is 1.89. The lowest BCUT2D eigenvalue weighted by Gasteiger charge is -2.28. The Morgan fingerprint density at radius 3 is 1.93 bits per heavy atom. The van der Waals surface area contributed by atoms with E-state index in [1.54, 1.807) is 48.7 Å². The normalized spacial score (nSPS) is 23.0. The van der Waals surface area contributed by atoms with E-state index in [-0.39, 0.29) is 75.4 Å². The third-order valence-electron chi connectivity index (χ3n) is 13.8. The zero-order chi connectivity index (χ0) is 60.9. The Labute approximate surface area is 491 Å². The quantitative estimate of drug-likeness (QED) is 0.0156. The molecular formula is C54H72N16O12S2. The molecule has 0 unspecified atom stereocenters. The lowest BCUT2D eigenvalue weighted by Crippen LogP contribution is -2.61. The monoisotopic (exact) mass is 1200 g/mol. The number of nitrogens with two attached hydrogens (primary N) is 3. The Morgan fingerprint density at radius 2 is 1.31 bits per heavy atom. The summed E-state index contributed by atoms with van der Waals surface area (Å²) in [4.78, 5) is 169. The van der Waals surface area contributed by atoms with Crippen molar-refractivity contribution in [1.29, 1.82) is 0 Å². The van der Waals surface area contributed by atoms with Crippen LogP contribution in [0.4, 0.5) is 4.79 Å². The third kappa shape index (κ3) is 18.9. The molecule has 2 aliphatic heterocycles. The Kier molecular flexibility index (Phi) is 24.3. The number of nitrogens with zero attached hydrogens (tertiary/aromatic N) is 3. The number of rotatable bonds is 21. The molecule has 9 atom stereocenters. The molecule has 0 radical (unpaired) electrons. The highest BCUT2D eigenvalue weighted by molar-refractivity contribution is 8.76. The Hall–Kier alpha value is -8.67. The first kappa shape index (κ1) is 64.5. The number of H-pyrrole nitrogens is 2. The molecule has 2 aromatic heterocycles. The van der Waals surface area contributed by atoms with Crippen LogP contribution >= 0.6 is 21.6 Å². The number of imidazole rings is 1. The van der Waals surface area contributed by atoms with Gasteiger partial charge in [0, 0.05) is 72.7 Å². The Morgan fingerprint density at radius 1 is 0.714 bits per heavy atom. The van der Waals surface area contributed by atoms with Crippen molar-refractivity contribution in [3.05, 3.63) is 90.1 Å². The number of unbranched alkanes of at least 4 members (excludes halogenated alkanes) is 1. The minimum absolute atomic E-state index is 0.0140. The van der Waals surface area contributed by atoms with Gasteiger partial charge in [0.1, 0.15) is 54.4 Å². The van der Waals surface area contributed by atoms with Crippen LogP contribution in [-0.2, 0) is 67.2 Å². The van der Waals surface area contributed by atoms with Gasteiger partial charge in [0.2, 0.25) is 47.3 Å². The zero-order valence-corrected chi connectivity index (χ0v) is 48.0. The SMILES string of the molecule is CCCC[C@@H](C(=O)N[C@H]1CSSC[C@@H](C(N)=O)NC(=O)[C@H](Cc2c[nH]c3ccccc23)NC(=O)[C@H](CCCN=C(N)N)NC(=O)[C@@H](Cc2ccccc2)NC(=O)[C@H](Cc2cnc[nH]2)NC(=O)[C@H](CCCC(=O)O)NC1=O)N1C(=O)N[C@@H](C)C1=O. The van der Waals surface area contributed by atoms with Gasteiger partial charge in [-0.3, -0.25) is 52.9 Å². The first-order valence-electron chi connectivity index (χ1n) is 27.4. The second kappa shape index (κ2) is 31.7. The molecule has 2 aromatic carbocycles. The number of carboxylic acids is 1. The summed E-state index contributed by atoms with van der Waals surface area (Å²) in [6.07, 6.45) is 3.89. The van der Waals surface area contributed by atoms with Crippen LogP contribution in [0.25, 0.3) is 10.9 Å². The number of hydrogen-bond donors (Lipinski definition) is 14. The number of nitrogens with one attached hydrogen (secondary N) is 10. The van der Waals surface area contributed by atoms with Crippen molar-refractivity contribution < 1.29 is 57.8 Å². The minimum Gasteiger partial charge on any atom is -0.481 e. The number of guanidine groups is 1. The Balaban J connectivity index is 1.43. The number of imide groups is 1. The predicted octanol–water partition coefficient (Wildman–Crippen LogP) is -1.000.